The number of nitrogens with zero attached hydrogens (tertiary/aromatic N) is 4. The number of hydrogen-bond acceptors (Lipinski definition) is 8. The Morgan fingerprint density at radius 3 is 2.59 bits per heavy atom. The molecular formula is C22H20N4O5S. The molecule has 1 aliphatic heterocycles. The number of thioether (sulfide) groups is 1. The molecule has 1 fully saturated rings. The molecule has 1 aliphatic rings. The smallest absolute Gasteiger partial charge is 0.271 e. The van der Waals surface area contributed by atoms with Crippen molar-refractivity contribution >= 4 is 34.6 Å². The van der Waals surface area contributed by atoms with Crippen LogP contribution in [-0.4, -0.2) is 41.1 Å². The molecule has 0 N–H and O–H groups in total. The van der Waals surface area contributed by atoms with Gasteiger partial charge in [-0.15, -0.1) is 0 Å². The Labute approximate surface area is 189 Å². The molecule has 9 nitrogen and oxygen atoms in total. The van der Waals surface area contributed by atoms with E-state index in [-0.39, 0.29) is 22.9 Å². The first kappa shape index (κ1) is 22.8. The van der Waals surface area contributed by atoms with Crippen LogP contribution < -0.4 is 9.47 Å². The van der Waals surface area contributed by atoms with Crippen LogP contribution in [0.1, 0.15) is 25.0 Å². The summed E-state index contributed by atoms with van der Waals surface area (Å²) in [5, 5.41) is 20.9. The van der Waals surface area contributed by atoms with E-state index in [1.165, 1.54) is 31.0 Å². The summed E-state index contributed by atoms with van der Waals surface area (Å²) in [6.07, 6.45) is 1.76. The molecule has 10 heteroatoms. The number of carbonyl (C=O) groups excluding carboxylic acids is 1. The van der Waals surface area contributed by atoms with Crippen LogP contribution in [0.15, 0.2) is 46.3 Å². The molecule has 0 unspecified atom stereocenters. The molecule has 0 atom stereocenters. The summed E-state index contributed by atoms with van der Waals surface area (Å²) < 4.78 is 11.2. The highest BCUT2D eigenvalue weighted by Crippen LogP contribution is 2.37. The molecule has 0 aliphatic carbocycles. The molecule has 1 heterocycles. The lowest BCUT2D eigenvalue weighted by Gasteiger charge is -2.12. The van der Waals surface area contributed by atoms with Gasteiger partial charge in [0, 0.05) is 25.2 Å². The number of nitriles is 1. The van der Waals surface area contributed by atoms with E-state index in [2.05, 4.69) is 4.99 Å². The van der Waals surface area contributed by atoms with Crippen LogP contribution in [0.25, 0.3) is 6.08 Å². The molecule has 1 amide bonds. The highest BCUT2D eigenvalue weighted by atomic mass is 32.2. The van der Waals surface area contributed by atoms with E-state index < -0.39 is 4.92 Å². The minimum atomic E-state index is -0.577. The molecule has 32 heavy (non-hydrogen) atoms. The summed E-state index contributed by atoms with van der Waals surface area (Å²) in [4.78, 5) is 29.6. The van der Waals surface area contributed by atoms with Crippen LogP contribution >= 0.6 is 11.8 Å². The second-order valence-electron chi connectivity index (χ2n) is 6.48. The summed E-state index contributed by atoms with van der Waals surface area (Å²) in [7, 11) is 1.47. The van der Waals surface area contributed by atoms with Gasteiger partial charge in [0.2, 0.25) is 0 Å². The van der Waals surface area contributed by atoms with Gasteiger partial charge >= 0.3 is 0 Å². The molecule has 0 bridgehead atoms. The van der Waals surface area contributed by atoms with E-state index in [1.54, 1.807) is 29.2 Å². The molecule has 2 aromatic rings. The Bertz CT molecular complexity index is 1170. The number of amidine groups is 1. The number of nitro groups is 1. The second-order valence-corrected chi connectivity index (χ2v) is 7.49. The van der Waals surface area contributed by atoms with Crippen molar-refractivity contribution in [3.8, 4) is 23.3 Å². The molecule has 0 saturated carbocycles. The molecule has 1 saturated heterocycles. The fourth-order valence-electron chi connectivity index (χ4n) is 2.98. The maximum absolute atomic E-state index is 12.7. The Balaban J connectivity index is 1.90. The Kier molecular flexibility index (Phi) is 7.12. The topological polar surface area (TPSA) is 118 Å². The van der Waals surface area contributed by atoms with Crippen molar-refractivity contribution in [2.75, 3.05) is 20.2 Å². The van der Waals surface area contributed by atoms with Crippen molar-refractivity contribution in [1.82, 2.24) is 4.90 Å². The normalized spacial score (nSPS) is 15.8. The third-order valence-corrected chi connectivity index (χ3v) is 5.54. The van der Waals surface area contributed by atoms with Gasteiger partial charge in [-0.1, -0.05) is 6.07 Å². The van der Waals surface area contributed by atoms with Gasteiger partial charge in [0.1, 0.15) is 17.4 Å². The first-order valence-electron chi connectivity index (χ1n) is 9.72. The summed E-state index contributed by atoms with van der Waals surface area (Å²) >= 11 is 1.32. The number of carbonyl (C=O) groups is 1. The maximum Gasteiger partial charge on any atom is 0.271 e. The largest absolute Gasteiger partial charge is 0.493 e. The summed E-state index contributed by atoms with van der Waals surface area (Å²) in [5.41, 5.74) is 0.555. The zero-order valence-corrected chi connectivity index (χ0v) is 18.5. The van der Waals surface area contributed by atoms with Gasteiger partial charge in [-0.05, 0) is 55.4 Å². The maximum atomic E-state index is 12.7. The fraction of sp³-hybridized carbons (Fsp3) is 0.227. The lowest BCUT2D eigenvalue weighted by atomic mass is 10.1. The number of nitro benzene ring substituents is 1. The van der Waals surface area contributed by atoms with E-state index in [4.69, 9.17) is 9.47 Å². The zero-order valence-electron chi connectivity index (χ0n) is 17.7. The Morgan fingerprint density at radius 1 is 1.22 bits per heavy atom. The molecular weight excluding hydrogens is 432 g/mol. The third-order valence-electron chi connectivity index (χ3n) is 4.50. The number of aliphatic imine (C=N–C) groups is 1. The molecule has 0 aromatic heterocycles. The number of methoxy groups -OCH3 is 1. The number of hydrogen-bond donors (Lipinski definition) is 0. The van der Waals surface area contributed by atoms with Crippen molar-refractivity contribution in [3.05, 3.63) is 62.5 Å². The number of likely N-dealkylation sites (N-methyl/N-ethyl adjacent to an activating group) is 1. The average molecular weight is 452 g/mol. The van der Waals surface area contributed by atoms with Crippen LogP contribution in [-0.2, 0) is 4.79 Å². The van der Waals surface area contributed by atoms with Gasteiger partial charge in [0.25, 0.3) is 11.6 Å². The predicted octanol–water partition coefficient (Wildman–Crippen LogP) is 4.58. The lowest BCUT2D eigenvalue weighted by Crippen LogP contribution is -2.28. The summed E-state index contributed by atoms with van der Waals surface area (Å²) in [6.45, 7) is 4.94. The number of non-ortho nitro benzene ring substituents is 1. The van der Waals surface area contributed by atoms with Crippen molar-refractivity contribution < 1.29 is 19.2 Å². The van der Waals surface area contributed by atoms with Crippen molar-refractivity contribution in [2.45, 2.75) is 13.8 Å². The van der Waals surface area contributed by atoms with Crippen LogP contribution in [0, 0.1) is 21.4 Å². The standard InChI is InChI=1S/C22H20N4O5S/c1-4-24-22-25(5-2)21(27)20(32-22)11-14-6-8-18(19(10-14)30-3)31-17-9-7-16(26(28)29)12-15(17)13-23/h6-12H,4-5H2,1-3H3/b20-11-,24-22?. The van der Waals surface area contributed by atoms with Crippen molar-refractivity contribution in [2.24, 2.45) is 4.99 Å². The van der Waals surface area contributed by atoms with Gasteiger partial charge < -0.3 is 9.47 Å². The highest BCUT2D eigenvalue weighted by Gasteiger charge is 2.31. The first-order valence-corrected chi connectivity index (χ1v) is 10.5. The van der Waals surface area contributed by atoms with Gasteiger partial charge in [-0.25, -0.2) is 0 Å². The molecule has 0 spiro atoms. The minimum Gasteiger partial charge on any atom is -0.493 e. The van der Waals surface area contributed by atoms with E-state index in [1.807, 2.05) is 19.9 Å². The SMILES string of the molecule is CCN=C1S/C(=C\c2ccc(Oc3ccc([N+](=O)[O-])cc3C#N)c(OC)c2)C(=O)N1CC. The van der Waals surface area contributed by atoms with E-state index in [0.29, 0.717) is 34.7 Å². The number of amides is 1. The zero-order chi connectivity index (χ0) is 23.3. The van der Waals surface area contributed by atoms with E-state index >= 15 is 0 Å². The predicted molar refractivity (Wildman–Crippen MR) is 122 cm³/mol. The van der Waals surface area contributed by atoms with Crippen LogP contribution in [0.3, 0.4) is 0 Å². The van der Waals surface area contributed by atoms with Crippen LogP contribution in [0.5, 0.6) is 17.2 Å². The van der Waals surface area contributed by atoms with Crippen LogP contribution in [0.4, 0.5) is 5.69 Å². The van der Waals surface area contributed by atoms with Gasteiger partial charge in [-0.3, -0.25) is 24.8 Å². The lowest BCUT2D eigenvalue weighted by molar-refractivity contribution is -0.384. The third kappa shape index (κ3) is 4.73. The number of rotatable bonds is 7. The number of ether oxygens (including phenoxy) is 2. The monoisotopic (exact) mass is 452 g/mol. The molecule has 0 radical (unpaired) electrons. The number of benzene rings is 2. The summed E-state index contributed by atoms with van der Waals surface area (Å²) in [5.74, 6) is 0.775. The minimum absolute atomic E-state index is 0.0304. The molecule has 3 rings (SSSR count). The average Bonchev–Trinajstić information content (AvgIpc) is 3.08. The quantitative estimate of drug-likeness (QED) is 0.343. The molecule has 164 valence electrons. The summed E-state index contributed by atoms with van der Waals surface area (Å²) in [6, 6.07) is 10.8. The highest BCUT2D eigenvalue weighted by molar-refractivity contribution is 8.18. The fourth-order valence-corrected chi connectivity index (χ4v) is 4.08. The van der Waals surface area contributed by atoms with E-state index in [9.17, 15) is 20.2 Å². The second kappa shape index (κ2) is 9.98. The van der Waals surface area contributed by atoms with Gasteiger partial charge in [0.15, 0.2) is 16.7 Å². The Morgan fingerprint density at radius 2 is 1.97 bits per heavy atom. The Hall–Kier alpha value is -3.84. The molecule has 2 aromatic carbocycles. The van der Waals surface area contributed by atoms with Crippen molar-refractivity contribution in [1.29, 1.82) is 5.26 Å². The van der Waals surface area contributed by atoms with Gasteiger partial charge in [-0.2, -0.15) is 5.26 Å². The van der Waals surface area contributed by atoms with Crippen molar-refractivity contribution in [3.63, 3.8) is 0 Å². The van der Waals surface area contributed by atoms with Gasteiger partial charge in [0.05, 0.1) is 16.9 Å². The first-order chi connectivity index (χ1) is 15.4. The van der Waals surface area contributed by atoms with Crippen LogP contribution in [0.2, 0.25) is 0 Å². The van der Waals surface area contributed by atoms with E-state index in [0.717, 1.165) is 11.6 Å².